The van der Waals surface area contributed by atoms with Crippen LogP contribution in [0.25, 0.3) is 0 Å². The van der Waals surface area contributed by atoms with Crippen molar-refractivity contribution in [3.8, 4) is 17.9 Å². The second-order valence-electron chi connectivity index (χ2n) is 2.19. The van der Waals surface area contributed by atoms with Crippen LogP contribution in [0.1, 0.15) is 11.1 Å². The summed E-state index contributed by atoms with van der Waals surface area (Å²) >= 11 is 0. The Morgan fingerprint density at radius 2 is 2.15 bits per heavy atom. The molecule has 0 N–H and O–H groups in total. The number of nitriles is 1. The van der Waals surface area contributed by atoms with Crippen LogP contribution >= 0.6 is 0 Å². The van der Waals surface area contributed by atoms with Gasteiger partial charge in [-0.2, -0.15) is 5.26 Å². The molecule has 1 aromatic rings. The van der Waals surface area contributed by atoms with Crippen LogP contribution in [0.15, 0.2) is 18.2 Å². The summed E-state index contributed by atoms with van der Waals surface area (Å²) in [5.74, 6) is 4.01. The SMILES string of the molecule is N#Cc1ccc(F)cc1C#CC=O. The summed E-state index contributed by atoms with van der Waals surface area (Å²) in [5.41, 5.74) is 0.491. The molecule has 62 valence electrons. The second kappa shape index (κ2) is 4.04. The van der Waals surface area contributed by atoms with Crippen LogP contribution in [0, 0.1) is 29.0 Å². The van der Waals surface area contributed by atoms with Crippen molar-refractivity contribution >= 4 is 6.29 Å². The summed E-state index contributed by atoms with van der Waals surface area (Å²) in [6.07, 6.45) is 0.395. The molecule has 0 unspecified atom stereocenters. The zero-order valence-corrected chi connectivity index (χ0v) is 6.54. The molecule has 0 amide bonds. The molecule has 0 aromatic heterocycles. The summed E-state index contributed by atoms with van der Waals surface area (Å²) in [6.45, 7) is 0. The maximum Gasteiger partial charge on any atom is 0.193 e. The van der Waals surface area contributed by atoms with E-state index in [4.69, 9.17) is 5.26 Å². The highest BCUT2D eigenvalue weighted by atomic mass is 19.1. The van der Waals surface area contributed by atoms with Crippen molar-refractivity contribution in [1.29, 1.82) is 5.26 Å². The lowest BCUT2D eigenvalue weighted by atomic mass is 10.1. The average molecular weight is 173 g/mol. The fraction of sp³-hybridized carbons (Fsp3) is 0. The van der Waals surface area contributed by atoms with Gasteiger partial charge in [-0.3, -0.25) is 4.79 Å². The number of nitrogens with zero attached hydrogens (tertiary/aromatic N) is 1. The number of hydrogen-bond acceptors (Lipinski definition) is 2. The van der Waals surface area contributed by atoms with Gasteiger partial charge in [0, 0.05) is 5.56 Å². The Balaban J connectivity index is 3.25. The van der Waals surface area contributed by atoms with Crippen molar-refractivity contribution in [3.05, 3.63) is 35.1 Å². The van der Waals surface area contributed by atoms with Gasteiger partial charge in [0.1, 0.15) is 11.9 Å². The predicted molar refractivity (Wildman–Crippen MR) is 44.1 cm³/mol. The number of benzene rings is 1. The second-order valence-corrected chi connectivity index (χ2v) is 2.19. The third kappa shape index (κ3) is 2.15. The Bertz CT molecular complexity index is 434. The molecular formula is C10H4FNO. The normalized spacial score (nSPS) is 8.00. The van der Waals surface area contributed by atoms with Crippen molar-refractivity contribution in [2.75, 3.05) is 0 Å². The van der Waals surface area contributed by atoms with Crippen molar-refractivity contribution < 1.29 is 9.18 Å². The van der Waals surface area contributed by atoms with Gasteiger partial charge in [0.2, 0.25) is 0 Å². The van der Waals surface area contributed by atoms with Crippen LogP contribution in [0.3, 0.4) is 0 Å². The maximum absolute atomic E-state index is 12.6. The highest BCUT2D eigenvalue weighted by molar-refractivity contribution is 5.74. The topological polar surface area (TPSA) is 40.9 Å². The van der Waals surface area contributed by atoms with Crippen LogP contribution in [0.2, 0.25) is 0 Å². The summed E-state index contributed by atoms with van der Waals surface area (Å²) in [6, 6.07) is 5.46. The number of rotatable bonds is 0. The minimum absolute atomic E-state index is 0.231. The smallest absolute Gasteiger partial charge is 0.193 e. The number of aldehydes is 1. The summed E-state index contributed by atoms with van der Waals surface area (Å²) in [4.78, 5) is 9.91. The Kier molecular flexibility index (Phi) is 2.78. The van der Waals surface area contributed by atoms with E-state index >= 15 is 0 Å². The first-order chi connectivity index (χ1) is 6.27. The Morgan fingerprint density at radius 1 is 1.38 bits per heavy atom. The van der Waals surface area contributed by atoms with Crippen molar-refractivity contribution in [3.63, 3.8) is 0 Å². The summed E-state index contributed by atoms with van der Waals surface area (Å²) in [7, 11) is 0. The van der Waals surface area contributed by atoms with E-state index in [0.29, 0.717) is 6.29 Å². The van der Waals surface area contributed by atoms with Crippen LogP contribution in [-0.2, 0) is 4.79 Å². The first kappa shape index (κ1) is 8.96. The molecule has 0 spiro atoms. The fourth-order valence-corrected chi connectivity index (χ4v) is 0.825. The van der Waals surface area contributed by atoms with E-state index in [9.17, 15) is 9.18 Å². The highest BCUT2D eigenvalue weighted by Crippen LogP contribution is 2.08. The van der Waals surface area contributed by atoms with E-state index in [2.05, 4.69) is 11.8 Å². The molecule has 0 saturated heterocycles. The molecule has 0 atom stereocenters. The lowest BCUT2D eigenvalue weighted by molar-refractivity contribution is -0.103. The van der Waals surface area contributed by atoms with Crippen LogP contribution in [0.5, 0.6) is 0 Å². The zero-order chi connectivity index (χ0) is 9.68. The molecule has 0 aliphatic rings. The number of carbonyl (C=O) groups is 1. The quantitative estimate of drug-likeness (QED) is 0.437. The van der Waals surface area contributed by atoms with E-state index in [1.807, 2.05) is 6.07 Å². The van der Waals surface area contributed by atoms with E-state index in [-0.39, 0.29) is 11.1 Å². The van der Waals surface area contributed by atoms with Crippen LogP contribution in [-0.4, -0.2) is 6.29 Å². The molecule has 13 heavy (non-hydrogen) atoms. The average Bonchev–Trinajstić information content (AvgIpc) is 2.15. The van der Waals surface area contributed by atoms with Crippen LogP contribution < -0.4 is 0 Å². The largest absolute Gasteiger partial charge is 0.289 e. The number of carbonyl (C=O) groups excluding carboxylic acids is 1. The Hall–Kier alpha value is -2.13. The summed E-state index contributed by atoms with van der Waals surface area (Å²) < 4.78 is 12.6. The van der Waals surface area contributed by atoms with E-state index in [1.54, 1.807) is 0 Å². The molecule has 0 fully saturated rings. The minimum atomic E-state index is -0.478. The fourth-order valence-electron chi connectivity index (χ4n) is 0.825. The van der Waals surface area contributed by atoms with Gasteiger partial charge in [-0.05, 0) is 24.1 Å². The van der Waals surface area contributed by atoms with E-state index in [1.165, 1.54) is 12.1 Å². The van der Waals surface area contributed by atoms with Crippen molar-refractivity contribution in [2.24, 2.45) is 0 Å². The molecule has 0 saturated carbocycles. The van der Waals surface area contributed by atoms with Gasteiger partial charge in [-0.1, -0.05) is 5.92 Å². The van der Waals surface area contributed by atoms with Gasteiger partial charge < -0.3 is 0 Å². The van der Waals surface area contributed by atoms with Gasteiger partial charge in [0.15, 0.2) is 6.29 Å². The molecule has 1 aromatic carbocycles. The highest BCUT2D eigenvalue weighted by Gasteiger charge is 1.99. The van der Waals surface area contributed by atoms with E-state index < -0.39 is 5.82 Å². The van der Waals surface area contributed by atoms with Crippen molar-refractivity contribution in [2.45, 2.75) is 0 Å². The molecule has 1 rings (SSSR count). The third-order valence-electron chi connectivity index (χ3n) is 1.37. The van der Waals surface area contributed by atoms with Crippen LogP contribution in [0.4, 0.5) is 4.39 Å². The van der Waals surface area contributed by atoms with Gasteiger partial charge in [0.05, 0.1) is 5.56 Å². The van der Waals surface area contributed by atoms with Gasteiger partial charge >= 0.3 is 0 Å². The zero-order valence-electron chi connectivity index (χ0n) is 6.54. The first-order valence-corrected chi connectivity index (χ1v) is 3.43. The molecule has 2 nitrogen and oxygen atoms in total. The number of halogens is 1. The molecule has 0 heterocycles. The molecule has 0 aliphatic carbocycles. The molecule has 0 radical (unpaired) electrons. The van der Waals surface area contributed by atoms with Gasteiger partial charge in [-0.25, -0.2) is 4.39 Å². The minimum Gasteiger partial charge on any atom is -0.289 e. The summed E-state index contributed by atoms with van der Waals surface area (Å²) in [5, 5.41) is 8.58. The molecular weight excluding hydrogens is 169 g/mol. The molecule has 3 heteroatoms. The third-order valence-corrected chi connectivity index (χ3v) is 1.37. The Morgan fingerprint density at radius 3 is 2.77 bits per heavy atom. The number of hydrogen-bond donors (Lipinski definition) is 0. The standard InChI is InChI=1S/C10H4FNO/c11-10-4-3-9(7-12)8(6-10)2-1-5-13/h3-6H. The molecule has 0 aliphatic heterocycles. The monoisotopic (exact) mass is 173 g/mol. The van der Waals surface area contributed by atoms with Gasteiger partial charge in [0.25, 0.3) is 0 Å². The van der Waals surface area contributed by atoms with Gasteiger partial charge in [-0.15, -0.1) is 0 Å². The Labute approximate surface area is 74.6 Å². The molecule has 0 bridgehead atoms. The van der Waals surface area contributed by atoms with Crippen molar-refractivity contribution in [1.82, 2.24) is 0 Å². The lowest BCUT2D eigenvalue weighted by Crippen LogP contribution is -1.85. The first-order valence-electron chi connectivity index (χ1n) is 3.43. The maximum atomic E-state index is 12.6. The predicted octanol–water partition coefficient (Wildman–Crippen LogP) is 1.25. The van der Waals surface area contributed by atoms with E-state index in [0.717, 1.165) is 6.07 Å². The lowest BCUT2D eigenvalue weighted by Gasteiger charge is -1.93.